The van der Waals surface area contributed by atoms with E-state index in [9.17, 15) is 4.79 Å². The number of rotatable bonds is 9. The summed E-state index contributed by atoms with van der Waals surface area (Å²) < 4.78 is 5.70. The number of nitrogens with one attached hydrogen (secondary N) is 3. The molecular formula is C22H30ClN3O2+2. The standard InChI is InChI=1S/C22H28ClN3O2/c1-25(13-14-28-21-9-7-19(23)8-10-21)17-22(27)24-20-11-12-26(16-20)15-18-5-3-2-4-6-18/h2-10,20H,11-17H2,1H3,(H,24,27)/p+2/t20-/m1/s1. The minimum absolute atomic E-state index is 0.120. The van der Waals surface area contributed by atoms with Gasteiger partial charge in [-0.15, -0.1) is 0 Å². The van der Waals surface area contributed by atoms with E-state index in [2.05, 4.69) is 29.6 Å². The average molecular weight is 404 g/mol. The molecule has 0 bridgehead atoms. The number of hydrogen-bond donors (Lipinski definition) is 3. The Kier molecular flexibility index (Phi) is 7.71. The molecule has 1 heterocycles. The van der Waals surface area contributed by atoms with Gasteiger partial charge in [-0.2, -0.15) is 0 Å². The normalized spacial score (nSPS) is 19.9. The zero-order chi connectivity index (χ0) is 19.8. The van der Waals surface area contributed by atoms with Crippen LogP contribution in [0.1, 0.15) is 12.0 Å². The molecule has 1 aliphatic rings. The minimum atomic E-state index is 0.120. The number of benzene rings is 2. The molecule has 1 saturated heterocycles. The fraction of sp³-hybridized carbons (Fsp3) is 0.409. The van der Waals surface area contributed by atoms with E-state index in [1.54, 1.807) is 0 Å². The summed E-state index contributed by atoms with van der Waals surface area (Å²) in [5.41, 5.74) is 1.36. The van der Waals surface area contributed by atoms with Gasteiger partial charge in [0.15, 0.2) is 6.54 Å². The Morgan fingerprint density at radius 1 is 1.21 bits per heavy atom. The lowest BCUT2D eigenvalue weighted by molar-refractivity contribution is -0.901. The van der Waals surface area contributed by atoms with E-state index >= 15 is 0 Å². The minimum Gasteiger partial charge on any atom is -0.488 e. The van der Waals surface area contributed by atoms with Crippen molar-refractivity contribution in [2.45, 2.75) is 19.0 Å². The van der Waals surface area contributed by atoms with Crippen molar-refractivity contribution in [2.75, 3.05) is 39.8 Å². The fourth-order valence-corrected chi connectivity index (χ4v) is 3.74. The summed E-state index contributed by atoms with van der Waals surface area (Å²) in [7, 11) is 2.02. The fourth-order valence-electron chi connectivity index (χ4n) is 3.61. The second kappa shape index (κ2) is 10.5. The summed E-state index contributed by atoms with van der Waals surface area (Å²) in [6, 6.07) is 18.2. The molecule has 0 spiro atoms. The molecule has 0 saturated carbocycles. The molecule has 0 aliphatic carbocycles. The number of carbonyl (C=O) groups is 1. The van der Waals surface area contributed by atoms with Crippen LogP contribution in [0.25, 0.3) is 0 Å². The highest BCUT2D eigenvalue weighted by atomic mass is 35.5. The maximum Gasteiger partial charge on any atom is 0.275 e. The molecular weight excluding hydrogens is 374 g/mol. The van der Waals surface area contributed by atoms with Crippen LogP contribution in [0, 0.1) is 0 Å². The molecule has 6 heteroatoms. The van der Waals surface area contributed by atoms with Gasteiger partial charge in [0.1, 0.15) is 25.4 Å². The molecule has 28 heavy (non-hydrogen) atoms. The van der Waals surface area contributed by atoms with Crippen molar-refractivity contribution in [1.29, 1.82) is 0 Å². The van der Waals surface area contributed by atoms with Gasteiger partial charge in [0.05, 0.1) is 26.2 Å². The van der Waals surface area contributed by atoms with Crippen molar-refractivity contribution in [3.63, 3.8) is 0 Å². The number of hydrogen-bond acceptors (Lipinski definition) is 2. The van der Waals surface area contributed by atoms with E-state index in [1.165, 1.54) is 10.5 Å². The molecule has 2 unspecified atom stereocenters. The Morgan fingerprint density at radius 3 is 2.71 bits per heavy atom. The van der Waals surface area contributed by atoms with Crippen LogP contribution >= 0.6 is 11.6 Å². The number of likely N-dealkylation sites (tertiary alicyclic amines) is 1. The molecule has 2 aromatic rings. The SMILES string of the molecule is C[NH+](CCOc1ccc(Cl)cc1)CC(=O)N[C@@H]1CC[NH+](Cc2ccccc2)C1. The second-order valence-corrected chi connectivity index (χ2v) is 8.04. The first-order valence-corrected chi connectivity index (χ1v) is 10.3. The van der Waals surface area contributed by atoms with Crippen LogP contribution in [-0.4, -0.2) is 51.8 Å². The van der Waals surface area contributed by atoms with E-state index in [0.717, 1.165) is 43.2 Å². The third-order valence-corrected chi connectivity index (χ3v) is 5.37. The van der Waals surface area contributed by atoms with E-state index in [1.807, 2.05) is 37.4 Å². The zero-order valence-electron chi connectivity index (χ0n) is 16.4. The lowest BCUT2D eigenvalue weighted by Crippen LogP contribution is -3.11. The van der Waals surface area contributed by atoms with Crippen LogP contribution < -0.4 is 19.9 Å². The summed E-state index contributed by atoms with van der Waals surface area (Å²) >= 11 is 5.87. The van der Waals surface area contributed by atoms with Crippen molar-refractivity contribution in [3.8, 4) is 5.75 Å². The number of ether oxygens (including phenoxy) is 1. The number of carbonyl (C=O) groups excluding carboxylic acids is 1. The Labute approximate surface area is 172 Å². The topological polar surface area (TPSA) is 47.2 Å². The van der Waals surface area contributed by atoms with Crippen LogP contribution in [0.2, 0.25) is 5.02 Å². The van der Waals surface area contributed by atoms with E-state index in [-0.39, 0.29) is 11.9 Å². The molecule has 0 radical (unpaired) electrons. The van der Waals surface area contributed by atoms with Crippen molar-refractivity contribution < 1.29 is 19.3 Å². The molecule has 0 aromatic heterocycles. The summed E-state index contributed by atoms with van der Waals surface area (Å²) in [5.74, 6) is 0.920. The Morgan fingerprint density at radius 2 is 1.96 bits per heavy atom. The number of likely N-dealkylation sites (N-methyl/N-ethyl adjacent to an activating group) is 1. The van der Waals surface area contributed by atoms with Crippen LogP contribution in [0.4, 0.5) is 0 Å². The molecule has 3 N–H and O–H groups in total. The van der Waals surface area contributed by atoms with Gasteiger partial charge in [0.25, 0.3) is 5.91 Å². The van der Waals surface area contributed by atoms with Gasteiger partial charge in [-0.25, -0.2) is 0 Å². The average Bonchev–Trinajstić information content (AvgIpc) is 3.10. The molecule has 1 fully saturated rings. The van der Waals surface area contributed by atoms with Crippen molar-refractivity contribution in [1.82, 2.24) is 5.32 Å². The van der Waals surface area contributed by atoms with E-state index < -0.39 is 0 Å². The summed E-state index contributed by atoms with van der Waals surface area (Å²) in [4.78, 5) is 15.0. The molecule has 150 valence electrons. The van der Waals surface area contributed by atoms with Crippen LogP contribution in [0.3, 0.4) is 0 Å². The third kappa shape index (κ3) is 6.82. The monoisotopic (exact) mass is 403 g/mol. The Balaban J connectivity index is 1.32. The molecule has 1 amide bonds. The highest BCUT2D eigenvalue weighted by Crippen LogP contribution is 2.14. The number of quaternary nitrogens is 2. The lowest BCUT2D eigenvalue weighted by atomic mass is 10.2. The number of amides is 1. The van der Waals surface area contributed by atoms with Gasteiger partial charge in [-0.3, -0.25) is 4.79 Å². The summed E-state index contributed by atoms with van der Waals surface area (Å²) in [6.45, 7) is 4.94. The van der Waals surface area contributed by atoms with E-state index in [0.29, 0.717) is 18.2 Å². The highest BCUT2D eigenvalue weighted by molar-refractivity contribution is 6.30. The largest absolute Gasteiger partial charge is 0.488 e. The predicted octanol–water partition coefficient (Wildman–Crippen LogP) is 0.207. The van der Waals surface area contributed by atoms with Crippen LogP contribution in [0.15, 0.2) is 54.6 Å². The van der Waals surface area contributed by atoms with Gasteiger partial charge >= 0.3 is 0 Å². The maximum atomic E-state index is 12.3. The quantitative estimate of drug-likeness (QED) is 0.560. The van der Waals surface area contributed by atoms with Crippen molar-refractivity contribution in [3.05, 3.63) is 65.2 Å². The van der Waals surface area contributed by atoms with Gasteiger partial charge in [0.2, 0.25) is 0 Å². The molecule has 3 atom stereocenters. The predicted molar refractivity (Wildman–Crippen MR) is 111 cm³/mol. The molecule has 2 aromatic carbocycles. The first kappa shape index (κ1) is 20.6. The van der Waals surface area contributed by atoms with Crippen LogP contribution in [0.5, 0.6) is 5.75 Å². The van der Waals surface area contributed by atoms with Gasteiger partial charge in [0, 0.05) is 17.0 Å². The zero-order valence-corrected chi connectivity index (χ0v) is 17.2. The smallest absolute Gasteiger partial charge is 0.275 e. The summed E-state index contributed by atoms with van der Waals surface area (Å²) in [5, 5.41) is 3.90. The maximum absolute atomic E-state index is 12.3. The van der Waals surface area contributed by atoms with Crippen molar-refractivity contribution >= 4 is 17.5 Å². The van der Waals surface area contributed by atoms with Crippen molar-refractivity contribution in [2.24, 2.45) is 0 Å². The molecule has 3 rings (SSSR count). The first-order chi connectivity index (χ1) is 13.6. The second-order valence-electron chi connectivity index (χ2n) is 7.61. The lowest BCUT2D eigenvalue weighted by Gasteiger charge is -2.17. The molecule has 1 aliphatic heterocycles. The first-order valence-electron chi connectivity index (χ1n) is 9.95. The van der Waals surface area contributed by atoms with Gasteiger partial charge in [-0.05, 0) is 24.3 Å². The van der Waals surface area contributed by atoms with Gasteiger partial charge in [-0.1, -0.05) is 41.9 Å². The Hall–Kier alpha value is -2.08. The third-order valence-electron chi connectivity index (χ3n) is 5.12. The van der Waals surface area contributed by atoms with Crippen LogP contribution in [-0.2, 0) is 11.3 Å². The highest BCUT2D eigenvalue weighted by Gasteiger charge is 2.28. The van der Waals surface area contributed by atoms with E-state index in [4.69, 9.17) is 16.3 Å². The Bertz CT molecular complexity index is 739. The number of halogens is 1. The van der Waals surface area contributed by atoms with Gasteiger partial charge < -0.3 is 19.9 Å². The summed E-state index contributed by atoms with van der Waals surface area (Å²) in [6.07, 6.45) is 1.05. The molecule has 5 nitrogen and oxygen atoms in total.